The van der Waals surface area contributed by atoms with Gasteiger partial charge in [-0.2, -0.15) is 0 Å². The first kappa shape index (κ1) is 22.8. The van der Waals surface area contributed by atoms with E-state index in [-0.39, 0.29) is 0 Å². The van der Waals surface area contributed by atoms with Crippen molar-refractivity contribution in [2.75, 3.05) is 0 Å². The summed E-state index contributed by atoms with van der Waals surface area (Å²) in [4.78, 5) is 2.75. The molecule has 36 heavy (non-hydrogen) atoms. The average Bonchev–Trinajstić information content (AvgIpc) is 3.60. The Bertz CT molecular complexity index is 1200. The molecule has 2 heteroatoms. The lowest BCUT2D eigenvalue weighted by Gasteiger charge is -2.30. The van der Waals surface area contributed by atoms with Gasteiger partial charge in [-0.25, -0.2) is 0 Å². The Hall–Kier alpha value is -3.65. The number of likely N-dealkylation sites (tertiary alicyclic amines) is 1. The zero-order chi connectivity index (χ0) is 24.3. The van der Waals surface area contributed by atoms with Gasteiger partial charge in [-0.05, 0) is 47.9 Å². The highest BCUT2D eigenvalue weighted by atomic mass is 15.3. The van der Waals surface area contributed by atoms with Gasteiger partial charge in [0.1, 0.15) is 24.2 Å². The fraction of sp³-hybridized carbons (Fsp3) is 0.265. The first-order valence-corrected chi connectivity index (χ1v) is 13.4. The highest BCUT2D eigenvalue weighted by molar-refractivity contribution is 5.77. The summed E-state index contributed by atoms with van der Waals surface area (Å²) in [5, 5.41) is 0. The van der Waals surface area contributed by atoms with E-state index in [9.17, 15) is 0 Å². The molecule has 0 saturated carbocycles. The van der Waals surface area contributed by atoms with E-state index in [1.54, 1.807) is 0 Å². The van der Waals surface area contributed by atoms with E-state index >= 15 is 0 Å². The van der Waals surface area contributed by atoms with Crippen LogP contribution in [0.25, 0.3) is 0 Å². The summed E-state index contributed by atoms with van der Waals surface area (Å²) in [6, 6.07) is 46.0. The van der Waals surface area contributed by atoms with Crippen molar-refractivity contribution in [1.82, 2.24) is 4.90 Å². The third-order valence-corrected chi connectivity index (χ3v) is 8.25. The second-order valence-corrected chi connectivity index (χ2v) is 10.2. The second kappa shape index (κ2) is 10.1. The molecule has 6 rings (SSSR count). The Morgan fingerprint density at radius 3 is 1.19 bits per heavy atom. The van der Waals surface area contributed by atoms with E-state index in [1.165, 1.54) is 53.8 Å². The molecule has 2 aliphatic rings. The molecule has 0 N–H and O–H groups in total. The van der Waals surface area contributed by atoms with Crippen LogP contribution in [0.5, 0.6) is 0 Å². The Balaban J connectivity index is 1.52. The molecule has 2 heterocycles. The van der Waals surface area contributed by atoms with E-state index in [0.717, 1.165) is 0 Å². The molecule has 0 radical (unpaired) electrons. The molecule has 2 aliphatic heterocycles. The molecule has 0 aromatic heterocycles. The summed E-state index contributed by atoms with van der Waals surface area (Å²) in [5.74, 6) is 1.40. The molecule has 180 valence electrons. The smallest absolute Gasteiger partial charge is 0.245 e. The van der Waals surface area contributed by atoms with Gasteiger partial charge in [0.15, 0.2) is 0 Å². The van der Waals surface area contributed by atoms with Crippen LogP contribution in [0.4, 0.5) is 0 Å². The molecular weight excluding hydrogens is 436 g/mol. The number of amidine groups is 1. The quantitative estimate of drug-likeness (QED) is 0.214. The van der Waals surface area contributed by atoms with Gasteiger partial charge < -0.3 is 0 Å². The summed E-state index contributed by atoms with van der Waals surface area (Å²) < 4.78 is 2.75. The van der Waals surface area contributed by atoms with Crippen LogP contribution >= 0.6 is 0 Å². The van der Waals surface area contributed by atoms with Crippen molar-refractivity contribution in [3.8, 4) is 0 Å². The SMILES string of the molecule is CC(N1[C@@H](c2ccccc2)CC[C@@H]1c1ccccc1)=[N+]1[C@@H](c2ccccc2)CC[C@@H]1c1ccccc1. The molecule has 4 aromatic carbocycles. The Kier molecular flexibility index (Phi) is 6.42. The van der Waals surface area contributed by atoms with Crippen molar-refractivity contribution >= 4 is 5.84 Å². The highest BCUT2D eigenvalue weighted by Crippen LogP contribution is 2.47. The Morgan fingerprint density at radius 2 is 0.833 bits per heavy atom. The van der Waals surface area contributed by atoms with Crippen molar-refractivity contribution in [2.45, 2.75) is 56.8 Å². The summed E-state index contributed by atoms with van der Waals surface area (Å²) in [7, 11) is 0. The van der Waals surface area contributed by atoms with Gasteiger partial charge in [-0.1, -0.05) is 121 Å². The highest BCUT2D eigenvalue weighted by Gasteiger charge is 2.46. The van der Waals surface area contributed by atoms with Gasteiger partial charge in [0.2, 0.25) is 5.84 Å². The zero-order valence-corrected chi connectivity index (χ0v) is 21.1. The predicted octanol–water partition coefficient (Wildman–Crippen LogP) is 8.27. The number of nitrogens with zero attached hydrogens (tertiary/aromatic N) is 2. The van der Waals surface area contributed by atoms with Crippen LogP contribution in [-0.2, 0) is 0 Å². The first-order chi connectivity index (χ1) is 17.8. The molecule has 2 fully saturated rings. The van der Waals surface area contributed by atoms with Gasteiger partial charge >= 0.3 is 0 Å². The Labute approximate surface area is 215 Å². The summed E-state index contributed by atoms with van der Waals surface area (Å²) in [5.41, 5.74) is 5.67. The number of rotatable bonds is 4. The van der Waals surface area contributed by atoms with Gasteiger partial charge in [-0.15, -0.1) is 0 Å². The van der Waals surface area contributed by atoms with Crippen molar-refractivity contribution in [3.05, 3.63) is 144 Å². The fourth-order valence-corrected chi connectivity index (χ4v) is 6.67. The first-order valence-electron chi connectivity index (χ1n) is 13.4. The van der Waals surface area contributed by atoms with E-state index in [1.807, 2.05) is 0 Å². The van der Waals surface area contributed by atoms with E-state index < -0.39 is 0 Å². The maximum Gasteiger partial charge on any atom is 0.245 e. The lowest BCUT2D eigenvalue weighted by molar-refractivity contribution is -0.595. The number of benzene rings is 4. The van der Waals surface area contributed by atoms with E-state index in [2.05, 4.69) is 138 Å². The summed E-state index contributed by atoms with van der Waals surface area (Å²) in [6.45, 7) is 2.38. The maximum atomic E-state index is 2.75. The topological polar surface area (TPSA) is 6.25 Å². The minimum atomic E-state index is 0.379. The minimum absolute atomic E-state index is 0.379. The predicted molar refractivity (Wildman–Crippen MR) is 148 cm³/mol. The van der Waals surface area contributed by atoms with Crippen LogP contribution in [0.15, 0.2) is 121 Å². The van der Waals surface area contributed by atoms with Crippen LogP contribution in [-0.4, -0.2) is 15.3 Å². The van der Waals surface area contributed by atoms with Crippen LogP contribution in [0, 0.1) is 0 Å². The maximum absolute atomic E-state index is 2.75. The summed E-state index contributed by atoms with van der Waals surface area (Å²) in [6.07, 6.45) is 4.67. The van der Waals surface area contributed by atoms with Gasteiger partial charge in [0, 0.05) is 6.92 Å². The van der Waals surface area contributed by atoms with Gasteiger partial charge in [0.05, 0.1) is 0 Å². The van der Waals surface area contributed by atoms with Gasteiger partial charge in [-0.3, -0.25) is 9.48 Å². The Morgan fingerprint density at radius 1 is 0.500 bits per heavy atom. The normalized spacial score (nSPS) is 23.7. The lowest BCUT2D eigenvalue weighted by atomic mass is 10.0. The third-order valence-electron chi connectivity index (χ3n) is 8.25. The second-order valence-electron chi connectivity index (χ2n) is 10.2. The fourth-order valence-electron chi connectivity index (χ4n) is 6.67. The minimum Gasteiger partial charge on any atom is -0.252 e. The molecule has 2 nitrogen and oxygen atoms in total. The van der Waals surface area contributed by atoms with Gasteiger partial charge in [0.25, 0.3) is 0 Å². The molecule has 0 bridgehead atoms. The molecule has 4 aromatic rings. The monoisotopic (exact) mass is 471 g/mol. The number of hydrogen-bond donors (Lipinski definition) is 0. The molecule has 0 aliphatic carbocycles. The van der Waals surface area contributed by atoms with Crippen molar-refractivity contribution in [1.29, 1.82) is 0 Å². The molecule has 0 spiro atoms. The molecule has 2 saturated heterocycles. The molecule has 4 atom stereocenters. The molecule has 0 amide bonds. The van der Waals surface area contributed by atoms with Crippen LogP contribution in [0.2, 0.25) is 0 Å². The number of hydrogen-bond acceptors (Lipinski definition) is 0. The van der Waals surface area contributed by atoms with Crippen molar-refractivity contribution in [2.24, 2.45) is 0 Å². The van der Waals surface area contributed by atoms with E-state index in [4.69, 9.17) is 0 Å². The standard InChI is InChI=1S/C34H35N2/c1-26(35-31(27-14-6-2-7-15-27)22-23-32(35)28-16-8-3-9-17-28)36-33(29-18-10-4-11-19-29)24-25-34(36)30-20-12-5-13-21-30/h2-21,31-34H,22-25H2,1H3/q+1/t31-,32-,33-,34-/m1/s1. The van der Waals surface area contributed by atoms with Crippen LogP contribution in [0.1, 0.15) is 79.0 Å². The summed E-state index contributed by atoms with van der Waals surface area (Å²) >= 11 is 0. The molecular formula is C34H35N2+. The van der Waals surface area contributed by atoms with Crippen LogP contribution in [0.3, 0.4) is 0 Å². The van der Waals surface area contributed by atoms with Crippen molar-refractivity contribution < 1.29 is 4.58 Å². The van der Waals surface area contributed by atoms with Crippen LogP contribution < -0.4 is 0 Å². The van der Waals surface area contributed by atoms with Crippen molar-refractivity contribution in [3.63, 3.8) is 0 Å². The third kappa shape index (κ3) is 4.26. The zero-order valence-electron chi connectivity index (χ0n) is 21.1. The largest absolute Gasteiger partial charge is 0.252 e. The molecule has 0 unspecified atom stereocenters. The lowest BCUT2D eigenvalue weighted by Crippen LogP contribution is -2.38. The average molecular weight is 472 g/mol. The van der Waals surface area contributed by atoms with E-state index in [0.29, 0.717) is 24.2 Å².